The van der Waals surface area contributed by atoms with Gasteiger partial charge in [-0.15, -0.1) is 0 Å². The van der Waals surface area contributed by atoms with Crippen LogP contribution in [0.3, 0.4) is 0 Å². The maximum atomic E-state index is 3.33. The van der Waals surface area contributed by atoms with Crippen molar-refractivity contribution in [2.45, 2.75) is 19.9 Å². The Bertz CT molecular complexity index is 264. The van der Waals surface area contributed by atoms with Crippen LogP contribution in [0.5, 0.6) is 0 Å². The Labute approximate surface area is 86.7 Å². The van der Waals surface area contributed by atoms with Crippen LogP contribution in [0, 0.1) is 5.92 Å². The van der Waals surface area contributed by atoms with Gasteiger partial charge in [-0.05, 0) is 30.7 Å². The van der Waals surface area contributed by atoms with Gasteiger partial charge in [0.2, 0.25) is 0 Å². The van der Waals surface area contributed by atoms with Crippen LogP contribution >= 0.6 is 0 Å². The summed E-state index contributed by atoms with van der Waals surface area (Å²) in [4.78, 5) is 0. The second-order valence-corrected chi connectivity index (χ2v) is 3.88. The van der Waals surface area contributed by atoms with Crippen LogP contribution in [-0.2, 0) is 0 Å². The molecule has 0 spiro atoms. The zero-order valence-electron chi connectivity index (χ0n) is 9.46. The molecule has 78 valence electrons. The van der Waals surface area contributed by atoms with Crippen LogP contribution in [0.1, 0.15) is 25.5 Å². The molecule has 2 N–H and O–H groups in total. The van der Waals surface area contributed by atoms with E-state index in [1.54, 1.807) is 0 Å². The van der Waals surface area contributed by atoms with Crippen LogP contribution in [0.4, 0.5) is 5.69 Å². The lowest BCUT2D eigenvalue weighted by atomic mass is 9.96. The van der Waals surface area contributed by atoms with Crippen molar-refractivity contribution in [2.75, 3.05) is 19.4 Å². The molecule has 1 atom stereocenters. The van der Waals surface area contributed by atoms with Gasteiger partial charge < -0.3 is 10.6 Å². The topological polar surface area (TPSA) is 24.1 Å². The first-order chi connectivity index (χ1) is 6.69. The SMILES string of the molecule is CNc1ccc(C(NC)C(C)C)cc1. The quantitative estimate of drug-likeness (QED) is 0.766. The lowest BCUT2D eigenvalue weighted by Crippen LogP contribution is -2.21. The summed E-state index contributed by atoms with van der Waals surface area (Å²) in [6.07, 6.45) is 0. The van der Waals surface area contributed by atoms with Gasteiger partial charge in [-0.3, -0.25) is 0 Å². The number of rotatable bonds is 4. The molecule has 0 amide bonds. The van der Waals surface area contributed by atoms with Gasteiger partial charge in [-0.2, -0.15) is 0 Å². The summed E-state index contributed by atoms with van der Waals surface area (Å²) >= 11 is 0. The lowest BCUT2D eigenvalue weighted by molar-refractivity contribution is 0.443. The van der Waals surface area contributed by atoms with Crippen molar-refractivity contribution in [3.8, 4) is 0 Å². The van der Waals surface area contributed by atoms with E-state index in [4.69, 9.17) is 0 Å². The monoisotopic (exact) mass is 192 g/mol. The van der Waals surface area contributed by atoms with E-state index in [-0.39, 0.29) is 0 Å². The van der Waals surface area contributed by atoms with Crippen molar-refractivity contribution in [1.29, 1.82) is 0 Å². The largest absolute Gasteiger partial charge is 0.388 e. The predicted molar refractivity (Wildman–Crippen MR) is 62.6 cm³/mol. The summed E-state index contributed by atoms with van der Waals surface area (Å²) in [5.41, 5.74) is 2.51. The van der Waals surface area contributed by atoms with Gasteiger partial charge in [0.25, 0.3) is 0 Å². The third-order valence-corrected chi connectivity index (χ3v) is 2.54. The molecule has 0 fully saturated rings. The number of benzene rings is 1. The highest BCUT2D eigenvalue weighted by molar-refractivity contribution is 5.44. The molecule has 14 heavy (non-hydrogen) atoms. The predicted octanol–water partition coefficient (Wildman–Crippen LogP) is 2.64. The minimum Gasteiger partial charge on any atom is -0.388 e. The highest BCUT2D eigenvalue weighted by Crippen LogP contribution is 2.22. The second-order valence-electron chi connectivity index (χ2n) is 3.88. The minimum atomic E-state index is 0.445. The molecule has 0 radical (unpaired) electrons. The molecule has 1 aromatic rings. The fraction of sp³-hybridized carbons (Fsp3) is 0.500. The van der Waals surface area contributed by atoms with Crippen molar-refractivity contribution in [3.05, 3.63) is 29.8 Å². The molecule has 1 rings (SSSR count). The lowest BCUT2D eigenvalue weighted by Gasteiger charge is -2.20. The Morgan fingerprint density at radius 3 is 1.93 bits per heavy atom. The van der Waals surface area contributed by atoms with Crippen LogP contribution < -0.4 is 10.6 Å². The fourth-order valence-corrected chi connectivity index (χ4v) is 1.74. The molecule has 1 aromatic carbocycles. The normalized spacial score (nSPS) is 12.9. The third-order valence-electron chi connectivity index (χ3n) is 2.54. The van der Waals surface area contributed by atoms with Crippen LogP contribution in [0.15, 0.2) is 24.3 Å². The van der Waals surface area contributed by atoms with E-state index in [1.807, 2.05) is 14.1 Å². The van der Waals surface area contributed by atoms with E-state index in [1.165, 1.54) is 5.56 Å². The summed E-state index contributed by atoms with van der Waals surface area (Å²) in [5.74, 6) is 0.612. The van der Waals surface area contributed by atoms with Gasteiger partial charge in [0.05, 0.1) is 0 Å². The zero-order chi connectivity index (χ0) is 10.6. The number of hydrogen-bond acceptors (Lipinski definition) is 2. The minimum absolute atomic E-state index is 0.445. The summed E-state index contributed by atoms with van der Waals surface area (Å²) in [7, 11) is 3.95. The Kier molecular flexibility index (Phi) is 3.96. The maximum absolute atomic E-state index is 3.33. The van der Waals surface area contributed by atoms with Crippen molar-refractivity contribution < 1.29 is 0 Å². The molecule has 1 unspecified atom stereocenters. The van der Waals surface area contributed by atoms with E-state index in [0.29, 0.717) is 12.0 Å². The van der Waals surface area contributed by atoms with Crippen molar-refractivity contribution >= 4 is 5.69 Å². The Hall–Kier alpha value is -1.02. The maximum Gasteiger partial charge on any atom is 0.0340 e. The van der Waals surface area contributed by atoms with E-state index in [0.717, 1.165) is 5.69 Å². The van der Waals surface area contributed by atoms with Crippen LogP contribution in [-0.4, -0.2) is 14.1 Å². The van der Waals surface area contributed by atoms with Gasteiger partial charge in [0, 0.05) is 18.8 Å². The van der Waals surface area contributed by atoms with Crippen molar-refractivity contribution in [3.63, 3.8) is 0 Å². The standard InChI is InChI=1S/C12H20N2/c1-9(2)12(14-4)10-5-7-11(13-3)8-6-10/h5-9,12-14H,1-4H3. The number of hydrogen-bond donors (Lipinski definition) is 2. The van der Waals surface area contributed by atoms with Crippen molar-refractivity contribution in [1.82, 2.24) is 5.32 Å². The summed E-state index contributed by atoms with van der Waals surface area (Å²) in [6.45, 7) is 4.46. The van der Waals surface area contributed by atoms with E-state index in [9.17, 15) is 0 Å². The summed E-state index contributed by atoms with van der Waals surface area (Å²) in [6, 6.07) is 9.02. The van der Waals surface area contributed by atoms with Crippen LogP contribution in [0.2, 0.25) is 0 Å². The highest BCUT2D eigenvalue weighted by Gasteiger charge is 2.12. The van der Waals surface area contributed by atoms with Gasteiger partial charge in [-0.1, -0.05) is 26.0 Å². The Morgan fingerprint density at radius 1 is 1.00 bits per heavy atom. The van der Waals surface area contributed by atoms with Gasteiger partial charge in [-0.25, -0.2) is 0 Å². The average Bonchev–Trinajstić information content (AvgIpc) is 2.19. The van der Waals surface area contributed by atoms with Gasteiger partial charge >= 0.3 is 0 Å². The van der Waals surface area contributed by atoms with Crippen LogP contribution in [0.25, 0.3) is 0 Å². The molecule has 0 saturated carbocycles. The van der Waals surface area contributed by atoms with Gasteiger partial charge in [0.1, 0.15) is 0 Å². The molecule has 0 aliphatic heterocycles. The number of nitrogens with one attached hydrogen (secondary N) is 2. The molecular weight excluding hydrogens is 172 g/mol. The first-order valence-corrected chi connectivity index (χ1v) is 5.14. The molecule has 2 nitrogen and oxygen atoms in total. The molecule has 0 heterocycles. The molecule has 0 saturated heterocycles. The number of anilines is 1. The van der Waals surface area contributed by atoms with Gasteiger partial charge in [0.15, 0.2) is 0 Å². The summed E-state index contributed by atoms with van der Waals surface area (Å²) < 4.78 is 0. The van der Waals surface area contributed by atoms with E-state index < -0.39 is 0 Å². The molecular formula is C12H20N2. The second kappa shape index (κ2) is 5.01. The molecule has 0 aliphatic carbocycles. The first-order valence-electron chi connectivity index (χ1n) is 5.14. The third kappa shape index (κ3) is 2.48. The average molecular weight is 192 g/mol. The molecule has 2 heteroatoms. The zero-order valence-corrected chi connectivity index (χ0v) is 9.46. The highest BCUT2D eigenvalue weighted by atomic mass is 14.9. The fourth-order valence-electron chi connectivity index (χ4n) is 1.74. The molecule has 0 bridgehead atoms. The Morgan fingerprint density at radius 2 is 1.57 bits per heavy atom. The molecule has 0 aromatic heterocycles. The van der Waals surface area contributed by atoms with E-state index >= 15 is 0 Å². The molecule has 0 aliphatic rings. The van der Waals surface area contributed by atoms with E-state index in [2.05, 4.69) is 48.7 Å². The first kappa shape index (κ1) is 11.1. The smallest absolute Gasteiger partial charge is 0.0340 e. The van der Waals surface area contributed by atoms with Crippen molar-refractivity contribution in [2.24, 2.45) is 5.92 Å². The summed E-state index contributed by atoms with van der Waals surface area (Å²) in [5, 5.41) is 6.45. The Balaban J connectivity index is 2.84.